The van der Waals surface area contributed by atoms with E-state index in [1.807, 2.05) is 0 Å². The molecule has 1 heterocycles. The van der Waals surface area contributed by atoms with Crippen molar-refractivity contribution in [1.82, 2.24) is 4.72 Å². The van der Waals surface area contributed by atoms with Gasteiger partial charge in [0.25, 0.3) is 0 Å². The van der Waals surface area contributed by atoms with Gasteiger partial charge in [-0.15, -0.1) is 0 Å². The normalized spacial score (nSPS) is 23.9. The summed E-state index contributed by atoms with van der Waals surface area (Å²) in [7, 11) is -3.38. The van der Waals surface area contributed by atoms with Gasteiger partial charge in [-0.2, -0.15) is 11.8 Å². The van der Waals surface area contributed by atoms with E-state index in [9.17, 15) is 8.42 Å². The molecule has 1 aliphatic rings. The third-order valence-corrected chi connectivity index (χ3v) is 5.92. The van der Waals surface area contributed by atoms with Crippen molar-refractivity contribution >= 4 is 39.0 Å². The zero-order valence-corrected chi connectivity index (χ0v) is 11.1. The molecule has 0 aromatic carbocycles. The van der Waals surface area contributed by atoms with Gasteiger partial charge in [0.05, 0.1) is 4.99 Å². The fourth-order valence-electron chi connectivity index (χ4n) is 1.52. The highest BCUT2D eigenvalue weighted by Gasteiger charge is 2.30. The largest absolute Gasteiger partial charge is 0.392 e. The minimum atomic E-state index is -3.38. The first-order valence-electron chi connectivity index (χ1n) is 4.85. The van der Waals surface area contributed by atoms with Gasteiger partial charge in [0, 0.05) is 11.8 Å². The monoisotopic (exact) mass is 268 g/mol. The summed E-state index contributed by atoms with van der Waals surface area (Å²) in [6.07, 6.45) is 1.31. The maximum atomic E-state index is 11.9. The second-order valence-electron chi connectivity index (χ2n) is 3.52. The molecular formula is C8H16N2O2S3. The highest BCUT2D eigenvalue weighted by atomic mass is 32.2. The Morgan fingerprint density at radius 2 is 2.40 bits per heavy atom. The average molecular weight is 268 g/mol. The van der Waals surface area contributed by atoms with Crippen LogP contribution < -0.4 is 10.5 Å². The molecule has 0 aromatic rings. The van der Waals surface area contributed by atoms with Crippen LogP contribution in [0.3, 0.4) is 0 Å². The molecule has 0 aromatic heterocycles. The lowest BCUT2D eigenvalue weighted by atomic mass is 10.3. The Labute approximate surface area is 100 Å². The average Bonchev–Trinajstić information content (AvgIpc) is 2.55. The van der Waals surface area contributed by atoms with Crippen molar-refractivity contribution < 1.29 is 8.42 Å². The Bertz CT molecular complexity index is 323. The molecule has 1 aliphatic heterocycles. The number of hydrogen-bond acceptors (Lipinski definition) is 4. The van der Waals surface area contributed by atoms with E-state index in [-0.39, 0.29) is 11.0 Å². The van der Waals surface area contributed by atoms with Crippen molar-refractivity contribution in [2.24, 2.45) is 5.73 Å². The van der Waals surface area contributed by atoms with Gasteiger partial charge in [-0.05, 0) is 18.6 Å². The number of rotatable bonds is 5. The molecule has 7 heteroatoms. The molecule has 15 heavy (non-hydrogen) atoms. The molecular weight excluding hydrogens is 252 g/mol. The van der Waals surface area contributed by atoms with Crippen molar-refractivity contribution in [2.75, 3.05) is 11.5 Å². The molecule has 1 saturated heterocycles. The quantitative estimate of drug-likeness (QED) is 0.710. The van der Waals surface area contributed by atoms with Crippen LogP contribution in [0.15, 0.2) is 0 Å². The summed E-state index contributed by atoms with van der Waals surface area (Å²) < 4.78 is 26.4. The fourth-order valence-corrected chi connectivity index (χ4v) is 4.89. The predicted molar refractivity (Wildman–Crippen MR) is 68.6 cm³/mol. The molecule has 88 valence electrons. The number of thioether (sulfide) groups is 1. The second-order valence-corrected chi connectivity index (χ2v) is 7.04. The summed E-state index contributed by atoms with van der Waals surface area (Å²) in [6.45, 7) is 1.77. The molecule has 2 unspecified atom stereocenters. The van der Waals surface area contributed by atoms with Crippen LogP contribution in [0, 0.1) is 0 Å². The lowest BCUT2D eigenvalue weighted by Crippen LogP contribution is -2.45. The minimum Gasteiger partial charge on any atom is -0.392 e. The van der Waals surface area contributed by atoms with Gasteiger partial charge in [0.1, 0.15) is 5.25 Å². The van der Waals surface area contributed by atoms with Crippen molar-refractivity contribution in [3.63, 3.8) is 0 Å². The van der Waals surface area contributed by atoms with Crippen molar-refractivity contribution in [3.8, 4) is 0 Å². The Balaban J connectivity index is 2.67. The van der Waals surface area contributed by atoms with Crippen LogP contribution in [0.2, 0.25) is 0 Å². The van der Waals surface area contributed by atoms with Crippen LogP contribution >= 0.6 is 24.0 Å². The zero-order valence-electron chi connectivity index (χ0n) is 8.60. The first-order valence-corrected chi connectivity index (χ1v) is 7.96. The summed E-state index contributed by atoms with van der Waals surface area (Å²) in [5.41, 5.74) is 5.41. The Hall–Kier alpha value is 0.150. The van der Waals surface area contributed by atoms with Crippen LogP contribution in [0.1, 0.15) is 19.8 Å². The van der Waals surface area contributed by atoms with Crippen LogP contribution in [0.5, 0.6) is 0 Å². The predicted octanol–water partition coefficient (Wildman–Crippen LogP) is 0.476. The molecule has 0 spiro atoms. The molecule has 0 radical (unpaired) electrons. The third-order valence-electron chi connectivity index (χ3n) is 2.32. The minimum absolute atomic E-state index is 0.0448. The summed E-state index contributed by atoms with van der Waals surface area (Å²) in [4.78, 5) is 0.0515. The van der Waals surface area contributed by atoms with E-state index >= 15 is 0 Å². The van der Waals surface area contributed by atoms with Crippen molar-refractivity contribution in [2.45, 2.75) is 31.1 Å². The maximum Gasteiger partial charge on any atom is 0.221 e. The summed E-state index contributed by atoms with van der Waals surface area (Å²) >= 11 is 6.52. The lowest BCUT2D eigenvalue weighted by molar-refractivity contribution is 0.556. The van der Waals surface area contributed by atoms with Gasteiger partial charge < -0.3 is 5.73 Å². The fraction of sp³-hybridized carbons (Fsp3) is 0.875. The third kappa shape index (κ3) is 3.58. The molecule has 0 saturated carbocycles. The molecule has 1 fully saturated rings. The topological polar surface area (TPSA) is 72.2 Å². The summed E-state index contributed by atoms with van der Waals surface area (Å²) in [5.74, 6) is 1.85. The molecule has 3 N–H and O–H groups in total. The molecule has 0 bridgehead atoms. The lowest BCUT2D eigenvalue weighted by Gasteiger charge is -2.18. The van der Waals surface area contributed by atoms with E-state index < -0.39 is 15.3 Å². The van der Waals surface area contributed by atoms with Gasteiger partial charge in [-0.3, -0.25) is 0 Å². The number of thiocarbonyl (C=S) groups is 1. The molecule has 2 atom stereocenters. The Morgan fingerprint density at radius 1 is 1.73 bits per heavy atom. The molecule has 0 aliphatic carbocycles. The van der Waals surface area contributed by atoms with Gasteiger partial charge in [0.15, 0.2) is 0 Å². The van der Waals surface area contributed by atoms with Gasteiger partial charge in [0.2, 0.25) is 10.0 Å². The molecule has 1 rings (SSSR count). The second kappa shape index (κ2) is 5.47. The van der Waals surface area contributed by atoms with Crippen molar-refractivity contribution in [3.05, 3.63) is 0 Å². The molecule has 4 nitrogen and oxygen atoms in total. The van der Waals surface area contributed by atoms with E-state index in [0.29, 0.717) is 6.42 Å². The van der Waals surface area contributed by atoms with Crippen molar-refractivity contribution in [1.29, 1.82) is 0 Å². The highest BCUT2D eigenvalue weighted by molar-refractivity contribution is 7.99. The Morgan fingerprint density at radius 3 is 2.80 bits per heavy atom. The summed E-state index contributed by atoms with van der Waals surface area (Å²) in [5, 5.41) is -0.738. The maximum absolute atomic E-state index is 11.9. The summed E-state index contributed by atoms with van der Waals surface area (Å²) in [6, 6.07) is 0.0448. The van der Waals surface area contributed by atoms with Crippen LogP contribution in [0.25, 0.3) is 0 Å². The number of sulfonamides is 1. The standard InChI is InChI=1S/C8H16N2O2S3/c1-2-7(8(9)13)15(11,12)10-6-3-4-14-5-6/h6-7,10H,2-5H2,1H3,(H2,9,13). The Kier molecular flexibility index (Phi) is 4.82. The van der Waals surface area contributed by atoms with Gasteiger partial charge in [-0.1, -0.05) is 19.1 Å². The van der Waals surface area contributed by atoms with E-state index in [2.05, 4.69) is 4.72 Å². The van der Waals surface area contributed by atoms with E-state index in [1.54, 1.807) is 18.7 Å². The number of nitrogens with one attached hydrogen (secondary N) is 1. The van der Waals surface area contributed by atoms with E-state index in [0.717, 1.165) is 17.9 Å². The number of hydrogen-bond donors (Lipinski definition) is 2. The smallest absolute Gasteiger partial charge is 0.221 e. The van der Waals surface area contributed by atoms with E-state index in [4.69, 9.17) is 18.0 Å². The molecule has 0 amide bonds. The van der Waals surface area contributed by atoms with E-state index in [1.165, 1.54) is 0 Å². The van der Waals surface area contributed by atoms with Crippen LogP contribution in [-0.4, -0.2) is 36.2 Å². The van der Waals surface area contributed by atoms with Gasteiger partial charge >= 0.3 is 0 Å². The van der Waals surface area contributed by atoms with Crippen LogP contribution in [0.4, 0.5) is 0 Å². The van der Waals surface area contributed by atoms with Gasteiger partial charge in [-0.25, -0.2) is 13.1 Å². The van der Waals surface area contributed by atoms with Crippen LogP contribution in [-0.2, 0) is 10.0 Å². The number of nitrogens with two attached hydrogens (primary N) is 1. The zero-order chi connectivity index (χ0) is 11.5. The first-order chi connectivity index (χ1) is 6.97. The first kappa shape index (κ1) is 13.2. The highest BCUT2D eigenvalue weighted by Crippen LogP contribution is 2.19. The SMILES string of the molecule is CCC(C(N)=S)S(=O)(=O)NC1CCSC1.